The van der Waals surface area contributed by atoms with E-state index in [0.717, 1.165) is 25.2 Å². The van der Waals surface area contributed by atoms with Crippen molar-refractivity contribution in [1.29, 1.82) is 0 Å². The maximum absolute atomic E-state index is 12.2. The Morgan fingerprint density at radius 2 is 2.07 bits per heavy atom. The molecule has 8 nitrogen and oxygen atoms in total. The number of carbonyl (C=O) groups excluding carboxylic acids is 1. The number of methoxy groups -OCH3 is 1. The van der Waals surface area contributed by atoms with E-state index in [1.807, 2.05) is 24.3 Å². The number of anilines is 1. The van der Waals surface area contributed by atoms with Gasteiger partial charge in [0, 0.05) is 19.3 Å². The van der Waals surface area contributed by atoms with Crippen LogP contribution in [-0.4, -0.2) is 55.4 Å². The third-order valence-electron chi connectivity index (χ3n) is 4.12. The molecule has 0 saturated carbocycles. The van der Waals surface area contributed by atoms with Crippen LogP contribution >= 0.6 is 0 Å². The van der Waals surface area contributed by atoms with Gasteiger partial charge in [-0.15, -0.1) is 0 Å². The zero-order valence-corrected chi connectivity index (χ0v) is 15.3. The summed E-state index contributed by atoms with van der Waals surface area (Å²) in [6, 6.07) is 8.85. The monoisotopic (exact) mass is 372 g/mol. The maximum Gasteiger partial charge on any atom is 0.270 e. The number of carbonyl (C=O) groups is 1. The molecule has 2 heterocycles. The van der Waals surface area contributed by atoms with Gasteiger partial charge in [-0.25, -0.2) is 9.97 Å². The highest BCUT2D eigenvalue weighted by Crippen LogP contribution is 2.16. The van der Waals surface area contributed by atoms with Crippen molar-refractivity contribution in [3.8, 4) is 11.5 Å². The summed E-state index contributed by atoms with van der Waals surface area (Å²) in [4.78, 5) is 20.6. The minimum Gasteiger partial charge on any atom is -0.497 e. The molecule has 2 aromatic rings. The number of hydrogen-bond donors (Lipinski definition) is 2. The van der Waals surface area contributed by atoms with E-state index in [1.54, 1.807) is 19.4 Å². The second-order valence-corrected chi connectivity index (χ2v) is 6.06. The molecular formula is C19H24N4O4. The van der Waals surface area contributed by atoms with Gasteiger partial charge in [-0.1, -0.05) is 0 Å². The summed E-state index contributed by atoms with van der Waals surface area (Å²) in [6.07, 6.45) is 3.85. The van der Waals surface area contributed by atoms with Crippen LogP contribution in [0.4, 0.5) is 5.95 Å². The Morgan fingerprint density at radius 3 is 2.81 bits per heavy atom. The molecule has 1 saturated heterocycles. The minimum atomic E-state index is -0.268. The van der Waals surface area contributed by atoms with E-state index in [-0.39, 0.29) is 12.0 Å². The zero-order valence-electron chi connectivity index (χ0n) is 15.3. The van der Waals surface area contributed by atoms with Gasteiger partial charge in [0.1, 0.15) is 23.8 Å². The summed E-state index contributed by atoms with van der Waals surface area (Å²) in [7, 11) is 1.61. The van der Waals surface area contributed by atoms with Gasteiger partial charge in [-0.05, 0) is 43.2 Å². The van der Waals surface area contributed by atoms with Crippen LogP contribution in [0, 0.1) is 0 Å². The van der Waals surface area contributed by atoms with Crippen LogP contribution in [0.25, 0.3) is 0 Å². The number of aromatic nitrogens is 2. The number of ether oxygens (including phenoxy) is 3. The zero-order chi connectivity index (χ0) is 18.9. The lowest BCUT2D eigenvalue weighted by Gasteiger charge is -2.11. The molecule has 8 heteroatoms. The second kappa shape index (κ2) is 9.72. The van der Waals surface area contributed by atoms with Gasteiger partial charge in [-0.3, -0.25) is 4.79 Å². The molecule has 1 aliphatic rings. The topological polar surface area (TPSA) is 94.6 Å². The molecule has 1 aromatic heterocycles. The highest BCUT2D eigenvalue weighted by atomic mass is 16.5. The van der Waals surface area contributed by atoms with Crippen LogP contribution in [0.1, 0.15) is 23.3 Å². The number of amides is 1. The minimum absolute atomic E-state index is 0.182. The molecule has 144 valence electrons. The third kappa shape index (κ3) is 5.82. The smallest absolute Gasteiger partial charge is 0.270 e. The first kappa shape index (κ1) is 18.9. The van der Waals surface area contributed by atoms with Gasteiger partial charge >= 0.3 is 0 Å². The van der Waals surface area contributed by atoms with Crippen molar-refractivity contribution in [2.45, 2.75) is 18.9 Å². The van der Waals surface area contributed by atoms with Crippen LogP contribution in [0.5, 0.6) is 11.5 Å². The van der Waals surface area contributed by atoms with E-state index in [4.69, 9.17) is 14.2 Å². The van der Waals surface area contributed by atoms with Crippen LogP contribution in [0.2, 0.25) is 0 Å². The highest BCUT2D eigenvalue weighted by molar-refractivity contribution is 5.92. The van der Waals surface area contributed by atoms with Gasteiger partial charge in [0.05, 0.1) is 19.8 Å². The number of nitrogens with one attached hydrogen (secondary N) is 2. The molecule has 0 aliphatic carbocycles. The number of nitrogens with zero attached hydrogens (tertiary/aromatic N) is 2. The summed E-state index contributed by atoms with van der Waals surface area (Å²) < 4.78 is 16.2. The predicted octanol–water partition coefficient (Wildman–Crippen LogP) is 1.88. The molecule has 1 aliphatic heterocycles. The van der Waals surface area contributed by atoms with Gasteiger partial charge in [0.25, 0.3) is 5.91 Å². The summed E-state index contributed by atoms with van der Waals surface area (Å²) >= 11 is 0. The Bertz CT molecular complexity index is 733. The van der Waals surface area contributed by atoms with Gasteiger partial charge in [0.2, 0.25) is 5.95 Å². The van der Waals surface area contributed by atoms with Crippen molar-refractivity contribution in [2.75, 3.05) is 38.7 Å². The average Bonchev–Trinajstić information content (AvgIpc) is 3.24. The van der Waals surface area contributed by atoms with Crippen LogP contribution in [-0.2, 0) is 4.74 Å². The number of benzene rings is 1. The molecule has 27 heavy (non-hydrogen) atoms. The highest BCUT2D eigenvalue weighted by Gasteiger charge is 2.16. The molecule has 0 spiro atoms. The Hall–Kier alpha value is -2.87. The molecule has 1 atom stereocenters. The van der Waals surface area contributed by atoms with Crippen molar-refractivity contribution in [3.63, 3.8) is 0 Å². The molecule has 0 radical (unpaired) electrons. The summed E-state index contributed by atoms with van der Waals surface area (Å²) in [5.74, 6) is 1.64. The Labute approximate surface area is 158 Å². The quantitative estimate of drug-likeness (QED) is 0.649. The van der Waals surface area contributed by atoms with E-state index < -0.39 is 0 Å². The van der Waals surface area contributed by atoms with Gasteiger partial charge in [-0.2, -0.15) is 0 Å². The molecule has 1 fully saturated rings. The van der Waals surface area contributed by atoms with Crippen LogP contribution in [0.15, 0.2) is 36.5 Å². The number of rotatable bonds is 9. The standard InChI is InChI=1S/C19H24N4O4/c1-25-14-4-6-15(7-5-14)27-12-10-20-18(24)17-8-9-21-19(23-17)22-13-16-3-2-11-26-16/h4-9,16H,2-3,10-13H2,1H3,(H,20,24)(H,21,22,23). The van der Waals surface area contributed by atoms with E-state index in [0.29, 0.717) is 37.1 Å². The van der Waals surface area contributed by atoms with E-state index in [2.05, 4.69) is 20.6 Å². The van der Waals surface area contributed by atoms with Crippen molar-refractivity contribution in [3.05, 3.63) is 42.2 Å². The van der Waals surface area contributed by atoms with Gasteiger partial charge in [0.15, 0.2) is 0 Å². The molecular weight excluding hydrogens is 348 g/mol. The lowest BCUT2D eigenvalue weighted by atomic mass is 10.2. The Balaban J connectivity index is 1.41. The summed E-state index contributed by atoms with van der Waals surface area (Å²) in [6.45, 7) is 2.16. The largest absolute Gasteiger partial charge is 0.497 e. The first-order valence-electron chi connectivity index (χ1n) is 8.98. The van der Waals surface area contributed by atoms with Crippen LogP contribution in [0.3, 0.4) is 0 Å². The molecule has 2 N–H and O–H groups in total. The predicted molar refractivity (Wildman–Crippen MR) is 100 cm³/mol. The molecule has 3 rings (SSSR count). The van der Waals surface area contributed by atoms with Gasteiger partial charge < -0.3 is 24.8 Å². The van der Waals surface area contributed by atoms with Crippen molar-refractivity contribution >= 4 is 11.9 Å². The third-order valence-corrected chi connectivity index (χ3v) is 4.12. The van der Waals surface area contributed by atoms with E-state index in [1.165, 1.54) is 0 Å². The Morgan fingerprint density at radius 1 is 1.26 bits per heavy atom. The normalized spacial score (nSPS) is 16.0. The Kier molecular flexibility index (Phi) is 6.81. The second-order valence-electron chi connectivity index (χ2n) is 6.06. The molecule has 1 amide bonds. The first-order valence-corrected chi connectivity index (χ1v) is 8.98. The van der Waals surface area contributed by atoms with Crippen LogP contribution < -0.4 is 20.1 Å². The van der Waals surface area contributed by atoms with Crippen molar-refractivity contribution in [1.82, 2.24) is 15.3 Å². The maximum atomic E-state index is 12.2. The molecule has 0 bridgehead atoms. The summed E-state index contributed by atoms with van der Waals surface area (Å²) in [5, 5.41) is 5.90. The molecule has 1 aromatic carbocycles. The van der Waals surface area contributed by atoms with E-state index in [9.17, 15) is 4.79 Å². The number of hydrogen-bond acceptors (Lipinski definition) is 7. The van der Waals surface area contributed by atoms with Crippen molar-refractivity contribution < 1.29 is 19.0 Å². The first-order chi connectivity index (χ1) is 13.2. The lowest BCUT2D eigenvalue weighted by molar-refractivity contribution is 0.0942. The summed E-state index contributed by atoms with van der Waals surface area (Å²) in [5.41, 5.74) is 0.310. The fourth-order valence-electron chi connectivity index (χ4n) is 2.68. The SMILES string of the molecule is COc1ccc(OCCNC(=O)c2ccnc(NCC3CCCO3)n2)cc1. The fourth-order valence-corrected chi connectivity index (χ4v) is 2.68. The van der Waals surface area contributed by atoms with E-state index >= 15 is 0 Å². The lowest BCUT2D eigenvalue weighted by Crippen LogP contribution is -2.29. The average molecular weight is 372 g/mol. The van der Waals surface area contributed by atoms with Crippen molar-refractivity contribution in [2.24, 2.45) is 0 Å². The molecule has 1 unspecified atom stereocenters. The fraction of sp³-hybridized carbons (Fsp3) is 0.421.